The molecule has 91 valence electrons. The third kappa shape index (κ3) is 7.78. The van der Waals surface area contributed by atoms with Crippen LogP contribution < -0.4 is 5.32 Å². The number of rotatable bonds is 6. The lowest BCUT2D eigenvalue weighted by Crippen LogP contribution is -2.32. The maximum absolute atomic E-state index is 11.0. The van der Waals surface area contributed by atoms with Crippen molar-refractivity contribution in [1.82, 2.24) is 5.32 Å². The van der Waals surface area contributed by atoms with Crippen LogP contribution in [0.3, 0.4) is 0 Å². The second-order valence-electron chi connectivity index (χ2n) is 3.11. The van der Waals surface area contributed by atoms with E-state index in [2.05, 4.69) is 17.0 Å². The predicted octanol–water partition coefficient (Wildman–Crippen LogP) is 0.805. The van der Waals surface area contributed by atoms with Crippen LogP contribution in [0.15, 0.2) is 0 Å². The topological polar surface area (TPSA) is 81.7 Å². The molecule has 1 atom stereocenters. The Kier molecular flexibility index (Phi) is 6.91. The van der Waals surface area contributed by atoms with Gasteiger partial charge in [0.25, 0.3) is 0 Å². The first-order valence-corrected chi connectivity index (χ1v) is 4.94. The standard InChI is InChI=1S/C10H16NO5/c1-4-5-9(13)15-8(3)16-10(14)11-6-7(2)12/h8H,2,4-6H2,1,3H3,(H,11,14). The highest BCUT2D eigenvalue weighted by Crippen LogP contribution is 1.99. The summed E-state index contributed by atoms with van der Waals surface area (Å²) >= 11 is 0. The molecule has 0 aliphatic heterocycles. The summed E-state index contributed by atoms with van der Waals surface area (Å²) in [6.45, 7) is 6.10. The maximum Gasteiger partial charge on any atom is 0.410 e. The van der Waals surface area contributed by atoms with Gasteiger partial charge in [0.1, 0.15) is 0 Å². The first-order valence-electron chi connectivity index (χ1n) is 4.94. The van der Waals surface area contributed by atoms with Gasteiger partial charge in [-0.05, 0) is 6.42 Å². The van der Waals surface area contributed by atoms with Crippen molar-refractivity contribution in [1.29, 1.82) is 0 Å². The predicted molar refractivity (Wildman–Crippen MR) is 55.3 cm³/mol. The lowest BCUT2D eigenvalue weighted by Gasteiger charge is -2.13. The molecule has 0 aliphatic carbocycles. The van der Waals surface area contributed by atoms with E-state index in [1.54, 1.807) is 0 Å². The molecule has 6 heteroatoms. The van der Waals surface area contributed by atoms with E-state index in [0.717, 1.165) is 0 Å². The average Bonchev–Trinajstić information content (AvgIpc) is 2.14. The van der Waals surface area contributed by atoms with Gasteiger partial charge in [-0.2, -0.15) is 0 Å². The summed E-state index contributed by atoms with van der Waals surface area (Å²) in [5.41, 5.74) is 0. The van der Waals surface area contributed by atoms with Crippen LogP contribution in [0.25, 0.3) is 0 Å². The van der Waals surface area contributed by atoms with Crippen LogP contribution in [0.5, 0.6) is 0 Å². The second-order valence-corrected chi connectivity index (χ2v) is 3.11. The quantitative estimate of drug-likeness (QED) is 0.539. The van der Waals surface area contributed by atoms with Crippen molar-refractivity contribution < 1.29 is 23.9 Å². The number of ether oxygens (including phenoxy) is 2. The van der Waals surface area contributed by atoms with Crippen LogP contribution in [0.1, 0.15) is 26.7 Å². The summed E-state index contributed by atoms with van der Waals surface area (Å²) in [6.07, 6.45) is -0.867. The van der Waals surface area contributed by atoms with Crippen molar-refractivity contribution in [3.63, 3.8) is 0 Å². The minimum atomic E-state index is -0.973. The van der Waals surface area contributed by atoms with Crippen molar-refractivity contribution in [2.24, 2.45) is 0 Å². The molecule has 0 saturated heterocycles. The number of ketones is 1. The molecule has 0 aliphatic rings. The van der Waals surface area contributed by atoms with Crippen molar-refractivity contribution in [3.05, 3.63) is 6.92 Å². The summed E-state index contributed by atoms with van der Waals surface area (Å²) < 4.78 is 9.39. The summed E-state index contributed by atoms with van der Waals surface area (Å²) in [4.78, 5) is 32.4. The Morgan fingerprint density at radius 1 is 1.31 bits per heavy atom. The zero-order chi connectivity index (χ0) is 12.6. The molecule has 0 aromatic rings. The van der Waals surface area contributed by atoms with Gasteiger partial charge in [0, 0.05) is 20.3 Å². The normalized spacial score (nSPS) is 11.4. The van der Waals surface area contributed by atoms with E-state index >= 15 is 0 Å². The van der Waals surface area contributed by atoms with Gasteiger partial charge in [-0.3, -0.25) is 9.59 Å². The second kappa shape index (κ2) is 7.67. The Morgan fingerprint density at radius 2 is 1.94 bits per heavy atom. The Labute approximate surface area is 94.3 Å². The van der Waals surface area contributed by atoms with Crippen molar-refractivity contribution in [2.75, 3.05) is 6.54 Å². The lowest BCUT2D eigenvalue weighted by molar-refractivity contribution is -0.164. The molecule has 16 heavy (non-hydrogen) atoms. The first kappa shape index (κ1) is 14.4. The third-order valence-corrected chi connectivity index (χ3v) is 1.45. The van der Waals surface area contributed by atoms with Gasteiger partial charge >= 0.3 is 12.1 Å². The van der Waals surface area contributed by atoms with Gasteiger partial charge in [-0.15, -0.1) is 0 Å². The van der Waals surface area contributed by atoms with Gasteiger partial charge in [-0.25, -0.2) is 4.79 Å². The number of hydrogen-bond acceptors (Lipinski definition) is 5. The smallest absolute Gasteiger partial charge is 0.410 e. The van der Waals surface area contributed by atoms with Crippen molar-refractivity contribution >= 4 is 17.8 Å². The van der Waals surface area contributed by atoms with E-state index in [1.807, 2.05) is 6.92 Å². The molecule has 0 rings (SSSR count). The van der Waals surface area contributed by atoms with E-state index < -0.39 is 24.1 Å². The SMILES string of the molecule is [CH2]C(=O)CNC(=O)OC(C)OC(=O)CCC. The van der Waals surface area contributed by atoms with Crippen LogP contribution in [-0.2, 0) is 19.1 Å². The monoisotopic (exact) mass is 230 g/mol. The van der Waals surface area contributed by atoms with Crippen LogP contribution in [0, 0.1) is 6.92 Å². The Balaban J connectivity index is 3.77. The minimum absolute atomic E-state index is 0.214. The van der Waals surface area contributed by atoms with Crippen LogP contribution in [0.4, 0.5) is 4.79 Å². The molecule has 0 aromatic carbocycles. The summed E-state index contributed by atoms with van der Waals surface area (Å²) in [6, 6.07) is 0. The molecule has 1 unspecified atom stereocenters. The van der Waals surface area contributed by atoms with Crippen LogP contribution >= 0.6 is 0 Å². The molecule has 0 spiro atoms. The van der Waals surface area contributed by atoms with E-state index in [4.69, 9.17) is 4.74 Å². The molecule has 1 radical (unpaired) electrons. The van der Waals surface area contributed by atoms with Gasteiger partial charge in [0.2, 0.25) is 6.29 Å². The van der Waals surface area contributed by atoms with E-state index in [9.17, 15) is 14.4 Å². The molecule has 1 amide bonds. The van der Waals surface area contributed by atoms with Gasteiger partial charge in [-0.1, -0.05) is 6.92 Å². The summed E-state index contributed by atoms with van der Waals surface area (Å²) in [5.74, 6) is -0.872. The number of Topliss-reactive ketones (excluding diaryl/α,β-unsaturated/α-hetero) is 1. The number of amides is 1. The fraction of sp³-hybridized carbons (Fsp3) is 0.600. The number of carbonyl (C=O) groups excluding carboxylic acids is 3. The minimum Gasteiger partial charge on any atom is -0.425 e. The van der Waals surface area contributed by atoms with Gasteiger partial charge in [0.15, 0.2) is 5.78 Å². The summed E-state index contributed by atoms with van der Waals surface area (Å²) in [7, 11) is 0. The summed E-state index contributed by atoms with van der Waals surface area (Å²) in [5, 5.41) is 2.15. The number of carbonyl (C=O) groups is 3. The molecule has 0 fully saturated rings. The number of nitrogens with one attached hydrogen (secondary N) is 1. The Bertz CT molecular complexity index is 264. The third-order valence-electron chi connectivity index (χ3n) is 1.45. The zero-order valence-corrected chi connectivity index (χ0v) is 9.45. The molecular formula is C10H16NO5. The molecule has 0 aromatic heterocycles. The van der Waals surface area contributed by atoms with Gasteiger partial charge < -0.3 is 14.8 Å². The zero-order valence-electron chi connectivity index (χ0n) is 9.45. The average molecular weight is 230 g/mol. The molecule has 6 nitrogen and oxygen atoms in total. The van der Waals surface area contributed by atoms with Crippen molar-refractivity contribution in [2.45, 2.75) is 33.0 Å². The molecule has 1 N–H and O–H groups in total. The Morgan fingerprint density at radius 3 is 2.44 bits per heavy atom. The molecule has 0 bridgehead atoms. The van der Waals surface area contributed by atoms with E-state index in [0.29, 0.717) is 6.42 Å². The number of alkyl carbamates (subject to hydrolysis) is 1. The lowest BCUT2D eigenvalue weighted by atomic mass is 10.3. The molecular weight excluding hydrogens is 214 g/mol. The first-order chi connectivity index (χ1) is 7.45. The Hall–Kier alpha value is -1.59. The van der Waals surface area contributed by atoms with Crippen LogP contribution in [0.2, 0.25) is 0 Å². The van der Waals surface area contributed by atoms with Crippen LogP contribution in [-0.4, -0.2) is 30.7 Å². The highest BCUT2D eigenvalue weighted by Gasteiger charge is 2.13. The van der Waals surface area contributed by atoms with Crippen molar-refractivity contribution in [3.8, 4) is 0 Å². The number of esters is 1. The molecule has 0 saturated carbocycles. The maximum atomic E-state index is 11.0. The highest BCUT2D eigenvalue weighted by molar-refractivity contribution is 5.87. The largest absolute Gasteiger partial charge is 0.425 e. The fourth-order valence-electron chi connectivity index (χ4n) is 0.835. The fourth-order valence-corrected chi connectivity index (χ4v) is 0.835. The van der Waals surface area contributed by atoms with E-state index in [1.165, 1.54) is 6.92 Å². The highest BCUT2D eigenvalue weighted by atomic mass is 16.7. The van der Waals surface area contributed by atoms with Gasteiger partial charge in [0.05, 0.1) is 6.54 Å². The van der Waals surface area contributed by atoms with E-state index in [-0.39, 0.29) is 13.0 Å². The number of hydrogen-bond donors (Lipinski definition) is 1. The molecule has 0 heterocycles.